The second kappa shape index (κ2) is 8.60. The number of halogens is 3. The topological polar surface area (TPSA) is 56.3 Å². The Kier molecular flexibility index (Phi) is 5.98. The molecule has 8 heteroatoms. The number of aromatic nitrogens is 2. The Morgan fingerprint density at radius 3 is 2.50 bits per heavy atom. The van der Waals surface area contributed by atoms with Crippen molar-refractivity contribution in [3.63, 3.8) is 0 Å². The van der Waals surface area contributed by atoms with E-state index in [0.717, 1.165) is 5.56 Å². The van der Waals surface area contributed by atoms with Gasteiger partial charge < -0.3 is 14.8 Å². The van der Waals surface area contributed by atoms with E-state index in [2.05, 4.69) is 15.3 Å². The van der Waals surface area contributed by atoms with Crippen LogP contribution in [-0.4, -0.2) is 16.6 Å². The molecule has 0 radical (unpaired) electrons. The Morgan fingerprint density at radius 2 is 1.79 bits per heavy atom. The van der Waals surface area contributed by atoms with Crippen LogP contribution < -0.4 is 14.8 Å². The largest absolute Gasteiger partial charge is 0.494 e. The van der Waals surface area contributed by atoms with E-state index in [-0.39, 0.29) is 12.6 Å². The lowest BCUT2D eigenvalue weighted by Gasteiger charge is -2.14. The van der Waals surface area contributed by atoms with E-state index in [0.29, 0.717) is 24.2 Å². The van der Waals surface area contributed by atoms with Crippen molar-refractivity contribution >= 4 is 11.6 Å². The third-order valence-electron chi connectivity index (χ3n) is 3.68. The predicted molar refractivity (Wildman–Crippen MR) is 98.7 cm³/mol. The van der Waals surface area contributed by atoms with Gasteiger partial charge in [-0.3, -0.25) is 0 Å². The highest BCUT2D eigenvalue weighted by molar-refractivity contribution is 5.56. The van der Waals surface area contributed by atoms with Gasteiger partial charge in [-0.15, -0.1) is 0 Å². The van der Waals surface area contributed by atoms with Crippen LogP contribution >= 0.6 is 0 Å². The number of nitrogens with zero attached hydrogens (tertiary/aromatic N) is 2. The van der Waals surface area contributed by atoms with Crippen LogP contribution in [0.4, 0.5) is 24.8 Å². The zero-order valence-electron chi connectivity index (χ0n) is 15.0. The first-order valence-electron chi connectivity index (χ1n) is 8.56. The minimum Gasteiger partial charge on any atom is -0.494 e. The third-order valence-corrected chi connectivity index (χ3v) is 3.68. The van der Waals surface area contributed by atoms with Gasteiger partial charge in [0.15, 0.2) is 0 Å². The van der Waals surface area contributed by atoms with E-state index in [1.54, 1.807) is 48.5 Å². The van der Waals surface area contributed by atoms with Crippen LogP contribution in [0.25, 0.3) is 0 Å². The summed E-state index contributed by atoms with van der Waals surface area (Å²) in [6.45, 7) is 2.31. The van der Waals surface area contributed by atoms with Crippen molar-refractivity contribution in [3.8, 4) is 11.6 Å². The summed E-state index contributed by atoms with van der Waals surface area (Å²) in [5, 5.41) is 2.87. The van der Waals surface area contributed by atoms with E-state index in [1.165, 1.54) is 0 Å². The standard InChI is InChI=1S/C20H18F3N3O2/c1-2-27-16-10-6-9-15(11-16)25-19-24-12-17(20(21,22)23)18(26-19)28-13-14-7-4-3-5-8-14/h3-12H,2,13H2,1H3,(H,24,25,26). The maximum atomic E-state index is 13.3. The molecule has 1 heterocycles. The molecule has 146 valence electrons. The van der Waals surface area contributed by atoms with Crippen molar-refractivity contribution < 1.29 is 22.6 Å². The van der Waals surface area contributed by atoms with Crippen LogP contribution in [0.1, 0.15) is 18.1 Å². The first-order valence-corrected chi connectivity index (χ1v) is 8.56. The highest BCUT2D eigenvalue weighted by Gasteiger charge is 2.36. The second-order valence-electron chi connectivity index (χ2n) is 5.77. The summed E-state index contributed by atoms with van der Waals surface area (Å²) in [5.74, 6) is 0.0829. The molecule has 0 unspecified atom stereocenters. The van der Waals surface area contributed by atoms with Crippen molar-refractivity contribution in [2.24, 2.45) is 0 Å². The molecule has 0 aliphatic heterocycles. The molecular formula is C20H18F3N3O2. The molecule has 0 aliphatic carbocycles. The predicted octanol–water partition coefficient (Wildman–Crippen LogP) is 5.22. The molecule has 3 rings (SSSR count). The molecule has 0 bridgehead atoms. The Labute approximate surface area is 160 Å². The number of alkyl halides is 3. The third kappa shape index (κ3) is 5.12. The molecular weight excluding hydrogens is 371 g/mol. The summed E-state index contributed by atoms with van der Waals surface area (Å²) in [4.78, 5) is 7.69. The van der Waals surface area contributed by atoms with Gasteiger partial charge in [0.1, 0.15) is 17.9 Å². The van der Waals surface area contributed by atoms with Crippen molar-refractivity contribution in [2.45, 2.75) is 19.7 Å². The summed E-state index contributed by atoms with van der Waals surface area (Å²) < 4.78 is 50.6. The zero-order chi connectivity index (χ0) is 20.0. The van der Waals surface area contributed by atoms with Crippen LogP contribution in [0.15, 0.2) is 60.8 Å². The normalized spacial score (nSPS) is 11.1. The minimum absolute atomic E-state index is 0.00953. The van der Waals surface area contributed by atoms with Crippen LogP contribution in [0.3, 0.4) is 0 Å². The Hall–Kier alpha value is -3.29. The Bertz CT molecular complexity index is 918. The fourth-order valence-corrected chi connectivity index (χ4v) is 2.42. The molecule has 0 aliphatic rings. The number of nitrogens with one attached hydrogen (secondary N) is 1. The average molecular weight is 389 g/mol. The maximum Gasteiger partial charge on any atom is 0.423 e. The SMILES string of the molecule is CCOc1cccc(Nc2ncc(C(F)(F)F)c(OCc3ccccc3)n2)c1. The number of hydrogen-bond acceptors (Lipinski definition) is 5. The van der Waals surface area contributed by atoms with Gasteiger partial charge >= 0.3 is 6.18 Å². The van der Waals surface area contributed by atoms with E-state index < -0.39 is 17.6 Å². The quantitative estimate of drug-likeness (QED) is 0.601. The average Bonchev–Trinajstić information content (AvgIpc) is 2.67. The lowest BCUT2D eigenvalue weighted by molar-refractivity contribution is -0.139. The first-order chi connectivity index (χ1) is 13.5. The number of anilines is 2. The highest BCUT2D eigenvalue weighted by atomic mass is 19.4. The van der Waals surface area contributed by atoms with Gasteiger partial charge in [0.05, 0.1) is 6.61 Å². The molecule has 2 aromatic carbocycles. The van der Waals surface area contributed by atoms with Gasteiger partial charge in [0.2, 0.25) is 11.8 Å². The molecule has 3 aromatic rings. The number of benzene rings is 2. The van der Waals surface area contributed by atoms with Crippen LogP contribution in [0.2, 0.25) is 0 Å². The van der Waals surface area contributed by atoms with Gasteiger partial charge in [0, 0.05) is 18.0 Å². The smallest absolute Gasteiger partial charge is 0.423 e. The second-order valence-corrected chi connectivity index (χ2v) is 5.77. The Morgan fingerprint density at radius 1 is 1.00 bits per heavy atom. The van der Waals surface area contributed by atoms with Crippen molar-refractivity contribution in [1.82, 2.24) is 9.97 Å². The van der Waals surface area contributed by atoms with Crippen molar-refractivity contribution in [3.05, 3.63) is 71.9 Å². The van der Waals surface area contributed by atoms with Gasteiger partial charge in [-0.2, -0.15) is 18.2 Å². The molecule has 0 amide bonds. The van der Waals surface area contributed by atoms with Gasteiger partial charge in [-0.25, -0.2) is 4.98 Å². The van der Waals surface area contributed by atoms with Gasteiger partial charge in [-0.05, 0) is 24.6 Å². The van der Waals surface area contributed by atoms with Gasteiger partial charge in [-0.1, -0.05) is 36.4 Å². The lowest BCUT2D eigenvalue weighted by Crippen LogP contribution is -2.12. The lowest BCUT2D eigenvalue weighted by atomic mass is 10.2. The van der Waals surface area contributed by atoms with Gasteiger partial charge in [0.25, 0.3) is 0 Å². The molecule has 1 N–H and O–H groups in total. The van der Waals surface area contributed by atoms with Crippen molar-refractivity contribution in [2.75, 3.05) is 11.9 Å². The molecule has 0 saturated carbocycles. The molecule has 0 spiro atoms. The van der Waals surface area contributed by atoms with Crippen LogP contribution in [0, 0.1) is 0 Å². The van der Waals surface area contributed by atoms with Crippen LogP contribution in [-0.2, 0) is 12.8 Å². The van der Waals surface area contributed by atoms with E-state index in [4.69, 9.17) is 9.47 Å². The van der Waals surface area contributed by atoms with E-state index in [9.17, 15) is 13.2 Å². The summed E-state index contributed by atoms with van der Waals surface area (Å²) >= 11 is 0. The van der Waals surface area contributed by atoms with Crippen molar-refractivity contribution in [1.29, 1.82) is 0 Å². The molecule has 1 aromatic heterocycles. The number of rotatable bonds is 7. The number of hydrogen-bond donors (Lipinski definition) is 1. The zero-order valence-corrected chi connectivity index (χ0v) is 15.0. The monoisotopic (exact) mass is 389 g/mol. The molecule has 0 saturated heterocycles. The summed E-state index contributed by atoms with van der Waals surface area (Å²) in [6, 6.07) is 15.8. The summed E-state index contributed by atoms with van der Waals surface area (Å²) in [7, 11) is 0. The highest BCUT2D eigenvalue weighted by Crippen LogP contribution is 2.35. The van der Waals surface area contributed by atoms with E-state index in [1.807, 2.05) is 13.0 Å². The Balaban J connectivity index is 1.83. The molecule has 28 heavy (non-hydrogen) atoms. The first kappa shape index (κ1) is 19.5. The van der Waals surface area contributed by atoms with E-state index >= 15 is 0 Å². The molecule has 0 fully saturated rings. The fourth-order valence-electron chi connectivity index (χ4n) is 2.42. The summed E-state index contributed by atoms with van der Waals surface area (Å²) in [5.41, 5.74) is 0.282. The summed E-state index contributed by atoms with van der Waals surface area (Å²) in [6.07, 6.45) is -3.92. The molecule has 5 nitrogen and oxygen atoms in total. The number of ether oxygens (including phenoxy) is 2. The minimum atomic E-state index is -4.63. The fraction of sp³-hybridized carbons (Fsp3) is 0.200. The molecule has 0 atom stereocenters. The van der Waals surface area contributed by atoms with Crippen LogP contribution in [0.5, 0.6) is 11.6 Å². The maximum absolute atomic E-state index is 13.3.